The van der Waals surface area contributed by atoms with Gasteiger partial charge in [-0.1, -0.05) is 48.0 Å². The van der Waals surface area contributed by atoms with Crippen molar-refractivity contribution < 1.29 is 12.9 Å². The van der Waals surface area contributed by atoms with Gasteiger partial charge in [0.2, 0.25) is 21.7 Å². The average Bonchev–Trinajstić information content (AvgIpc) is 3.25. The highest BCUT2D eigenvalue weighted by atomic mass is 32.2. The van der Waals surface area contributed by atoms with E-state index >= 15 is 0 Å². The number of rotatable bonds is 7. The molecule has 0 N–H and O–H groups in total. The first-order valence-electron chi connectivity index (χ1n) is 7.88. The van der Waals surface area contributed by atoms with Crippen LogP contribution in [0.4, 0.5) is 0 Å². The summed E-state index contributed by atoms with van der Waals surface area (Å²) in [5.74, 6) is 0.724. The SMILES string of the molecule is CCN(Cc1nc(-c2cccs2)no1)S(=O)(=O)Cc1ccc(C)cc1. The zero-order valence-corrected chi connectivity index (χ0v) is 15.7. The maximum atomic E-state index is 12.7. The molecule has 0 fully saturated rings. The molecule has 0 unspecified atom stereocenters. The van der Waals surface area contributed by atoms with E-state index in [0.29, 0.717) is 12.4 Å². The van der Waals surface area contributed by atoms with Crippen molar-refractivity contribution in [3.8, 4) is 10.7 Å². The van der Waals surface area contributed by atoms with Crippen LogP contribution in [0.15, 0.2) is 46.3 Å². The Bertz CT molecular complexity index is 916. The molecule has 8 heteroatoms. The van der Waals surface area contributed by atoms with Crippen LogP contribution in [0.3, 0.4) is 0 Å². The van der Waals surface area contributed by atoms with Gasteiger partial charge in [0.15, 0.2) is 0 Å². The van der Waals surface area contributed by atoms with Crippen LogP contribution >= 0.6 is 11.3 Å². The summed E-state index contributed by atoms with van der Waals surface area (Å²) < 4.78 is 32.0. The molecule has 0 radical (unpaired) electrons. The molecule has 0 aliphatic carbocycles. The number of aromatic nitrogens is 2. The second-order valence-corrected chi connectivity index (χ2v) is 8.57. The molecule has 0 spiro atoms. The average molecular weight is 377 g/mol. The second kappa shape index (κ2) is 7.47. The monoisotopic (exact) mass is 377 g/mol. The van der Waals surface area contributed by atoms with Gasteiger partial charge < -0.3 is 4.52 Å². The van der Waals surface area contributed by atoms with E-state index in [-0.39, 0.29) is 18.2 Å². The molecule has 6 nitrogen and oxygen atoms in total. The van der Waals surface area contributed by atoms with Gasteiger partial charge in [-0.3, -0.25) is 0 Å². The quantitative estimate of drug-likeness (QED) is 0.630. The van der Waals surface area contributed by atoms with Crippen LogP contribution in [-0.2, 0) is 22.3 Å². The Kier molecular flexibility index (Phi) is 5.31. The van der Waals surface area contributed by atoms with E-state index < -0.39 is 10.0 Å². The van der Waals surface area contributed by atoms with Gasteiger partial charge in [-0.2, -0.15) is 9.29 Å². The molecule has 2 heterocycles. The molecule has 0 saturated heterocycles. The highest BCUT2D eigenvalue weighted by Gasteiger charge is 2.24. The molecule has 132 valence electrons. The Labute approximate surface area is 151 Å². The number of sulfonamides is 1. The molecule has 3 rings (SSSR count). The third-order valence-electron chi connectivity index (χ3n) is 3.74. The molecule has 0 bridgehead atoms. The van der Waals surface area contributed by atoms with Crippen LogP contribution in [0.25, 0.3) is 10.7 Å². The summed E-state index contributed by atoms with van der Waals surface area (Å²) in [5, 5.41) is 5.85. The molecule has 2 aromatic heterocycles. The van der Waals surface area contributed by atoms with Crippen LogP contribution in [0, 0.1) is 6.92 Å². The predicted octanol–water partition coefficient (Wildman–Crippen LogP) is 3.46. The van der Waals surface area contributed by atoms with Crippen LogP contribution in [0.1, 0.15) is 23.9 Å². The van der Waals surface area contributed by atoms with Crippen molar-refractivity contribution in [2.75, 3.05) is 6.54 Å². The van der Waals surface area contributed by atoms with Crippen LogP contribution < -0.4 is 0 Å². The fourth-order valence-electron chi connectivity index (χ4n) is 2.37. The molecule has 25 heavy (non-hydrogen) atoms. The number of thiophene rings is 1. The summed E-state index contributed by atoms with van der Waals surface area (Å²) in [7, 11) is -3.47. The normalized spacial score (nSPS) is 12.0. The van der Waals surface area contributed by atoms with Gasteiger partial charge in [-0.25, -0.2) is 8.42 Å². The van der Waals surface area contributed by atoms with Crippen molar-refractivity contribution >= 4 is 21.4 Å². The fraction of sp³-hybridized carbons (Fsp3) is 0.294. The zero-order valence-electron chi connectivity index (χ0n) is 14.0. The summed E-state index contributed by atoms with van der Waals surface area (Å²) in [6.45, 7) is 4.18. The Balaban J connectivity index is 1.74. The lowest BCUT2D eigenvalue weighted by atomic mass is 10.2. The third-order valence-corrected chi connectivity index (χ3v) is 6.48. The minimum Gasteiger partial charge on any atom is -0.337 e. The number of aryl methyl sites for hydroxylation is 1. The smallest absolute Gasteiger partial charge is 0.242 e. The van der Waals surface area contributed by atoms with E-state index in [9.17, 15) is 8.42 Å². The largest absolute Gasteiger partial charge is 0.337 e. The molecule has 0 atom stereocenters. The molecule has 3 aromatic rings. The second-order valence-electron chi connectivity index (χ2n) is 5.66. The van der Waals surface area contributed by atoms with Gasteiger partial charge in [-0.15, -0.1) is 11.3 Å². The van der Waals surface area contributed by atoms with E-state index in [2.05, 4.69) is 10.1 Å². The lowest BCUT2D eigenvalue weighted by Crippen LogP contribution is -2.31. The van der Waals surface area contributed by atoms with E-state index in [0.717, 1.165) is 16.0 Å². The van der Waals surface area contributed by atoms with E-state index in [1.54, 1.807) is 6.92 Å². The van der Waals surface area contributed by atoms with Crippen LogP contribution in [-0.4, -0.2) is 29.4 Å². The number of nitrogens with zero attached hydrogens (tertiary/aromatic N) is 3. The topological polar surface area (TPSA) is 76.3 Å². The van der Waals surface area contributed by atoms with Crippen molar-refractivity contribution in [3.05, 3.63) is 58.8 Å². The van der Waals surface area contributed by atoms with Crippen molar-refractivity contribution in [1.82, 2.24) is 14.4 Å². The van der Waals surface area contributed by atoms with Crippen molar-refractivity contribution in [2.24, 2.45) is 0 Å². The highest BCUT2D eigenvalue weighted by molar-refractivity contribution is 7.88. The van der Waals surface area contributed by atoms with E-state index in [1.165, 1.54) is 15.6 Å². The predicted molar refractivity (Wildman–Crippen MR) is 97.5 cm³/mol. The van der Waals surface area contributed by atoms with Gasteiger partial charge in [0.1, 0.15) is 0 Å². The zero-order chi connectivity index (χ0) is 17.9. The number of hydrogen-bond donors (Lipinski definition) is 0. The molecule has 0 amide bonds. The molecule has 0 aliphatic heterocycles. The minimum absolute atomic E-state index is 0.0486. The van der Waals surface area contributed by atoms with Gasteiger partial charge in [0.25, 0.3) is 0 Å². The first-order valence-corrected chi connectivity index (χ1v) is 10.4. The van der Waals surface area contributed by atoms with E-state index in [4.69, 9.17) is 4.52 Å². The molecule has 0 aliphatic rings. The van der Waals surface area contributed by atoms with Crippen molar-refractivity contribution in [2.45, 2.75) is 26.1 Å². The van der Waals surface area contributed by atoms with Gasteiger partial charge in [0, 0.05) is 6.54 Å². The summed E-state index contributed by atoms with van der Waals surface area (Å²) in [4.78, 5) is 5.19. The lowest BCUT2D eigenvalue weighted by Gasteiger charge is -2.18. The third kappa shape index (κ3) is 4.33. The molecular formula is C17H19N3O3S2. The fourth-order valence-corrected chi connectivity index (χ4v) is 4.51. The Morgan fingerprint density at radius 1 is 1.20 bits per heavy atom. The van der Waals surface area contributed by atoms with Crippen LogP contribution in [0.2, 0.25) is 0 Å². The Morgan fingerprint density at radius 3 is 2.60 bits per heavy atom. The van der Waals surface area contributed by atoms with Crippen molar-refractivity contribution in [1.29, 1.82) is 0 Å². The highest BCUT2D eigenvalue weighted by Crippen LogP contribution is 2.22. The number of hydrogen-bond acceptors (Lipinski definition) is 6. The van der Waals surface area contributed by atoms with Crippen molar-refractivity contribution in [3.63, 3.8) is 0 Å². The van der Waals surface area contributed by atoms with Gasteiger partial charge >= 0.3 is 0 Å². The van der Waals surface area contributed by atoms with Gasteiger partial charge in [-0.05, 0) is 23.9 Å². The number of benzene rings is 1. The molecular weight excluding hydrogens is 358 g/mol. The van der Waals surface area contributed by atoms with Crippen LogP contribution in [0.5, 0.6) is 0 Å². The molecule has 0 saturated carbocycles. The summed E-state index contributed by atoms with van der Waals surface area (Å²) in [5.41, 5.74) is 1.86. The summed E-state index contributed by atoms with van der Waals surface area (Å²) in [6.07, 6.45) is 0. The standard InChI is InChI=1S/C17H19N3O3S2/c1-3-20(25(21,22)12-14-8-6-13(2)7-9-14)11-16-18-17(19-23-16)15-5-4-10-24-15/h4-10H,3,11-12H2,1-2H3. The first-order chi connectivity index (χ1) is 12.0. The maximum absolute atomic E-state index is 12.7. The Hall–Kier alpha value is -2.03. The Morgan fingerprint density at radius 2 is 1.96 bits per heavy atom. The minimum atomic E-state index is -3.47. The summed E-state index contributed by atoms with van der Waals surface area (Å²) in [6, 6.07) is 11.3. The lowest BCUT2D eigenvalue weighted by molar-refractivity contribution is 0.321. The molecule has 1 aromatic carbocycles. The first kappa shape index (κ1) is 17.8. The summed E-state index contributed by atoms with van der Waals surface area (Å²) >= 11 is 1.51. The maximum Gasteiger partial charge on any atom is 0.242 e. The van der Waals surface area contributed by atoms with E-state index in [1.807, 2.05) is 48.7 Å². The van der Waals surface area contributed by atoms with Gasteiger partial charge in [0.05, 0.1) is 17.2 Å².